The molecule has 214 valence electrons. The number of aromatic nitrogens is 1. The maximum absolute atomic E-state index is 13.1. The summed E-state index contributed by atoms with van der Waals surface area (Å²) in [5, 5.41) is 12.8. The largest absolute Gasteiger partial charge is 0.465 e. The zero-order valence-electron chi connectivity index (χ0n) is 23.7. The van der Waals surface area contributed by atoms with Gasteiger partial charge in [0.05, 0.1) is 23.0 Å². The Morgan fingerprint density at radius 3 is 2.43 bits per heavy atom. The van der Waals surface area contributed by atoms with Crippen molar-refractivity contribution >= 4 is 29.2 Å². The number of nitrogens with two attached hydrogens (primary N) is 1. The Hall–Kier alpha value is -4.85. The van der Waals surface area contributed by atoms with Crippen molar-refractivity contribution in [3.05, 3.63) is 108 Å². The average molecular weight is 562 g/mol. The van der Waals surface area contributed by atoms with E-state index in [9.17, 15) is 14.7 Å². The number of rotatable bonds is 6. The Morgan fingerprint density at radius 1 is 1.00 bits per heavy atom. The summed E-state index contributed by atoms with van der Waals surface area (Å²) in [6.45, 7) is 3.98. The number of carboxylic acid groups (broad SMARTS) is 1. The fraction of sp³-hybridized carbons (Fsp3) is 0.265. The van der Waals surface area contributed by atoms with E-state index in [0.717, 1.165) is 54.9 Å². The highest BCUT2D eigenvalue weighted by Gasteiger charge is 2.47. The van der Waals surface area contributed by atoms with E-state index in [0.29, 0.717) is 23.5 Å². The van der Waals surface area contributed by atoms with Gasteiger partial charge in [-0.3, -0.25) is 4.79 Å². The van der Waals surface area contributed by atoms with Gasteiger partial charge in [-0.15, -0.1) is 0 Å². The van der Waals surface area contributed by atoms with E-state index in [1.165, 1.54) is 5.56 Å². The van der Waals surface area contributed by atoms with Crippen molar-refractivity contribution < 1.29 is 14.7 Å². The maximum Gasteiger partial charge on any atom is 0.407 e. The molecule has 1 atom stereocenters. The van der Waals surface area contributed by atoms with Crippen LogP contribution in [0.3, 0.4) is 0 Å². The van der Waals surface area contributed by atoms with Crippen molar-refractivity contribution in [1.82, 2.24) is 9.88 Å². The number of carbonyl (C=O) groups is 2. The first-order valence-electron chi connectivity index (χ1n) is 14.4. The minimum atomic E-state index is -0.869. The summed E-state index contributed by atoms with van der Waals surface area (Å²) < 4.78 is 0. The van der Waals surface area contributed by atoms with E-state index in [4.69, 9.17) is 5.73 Å². The van der Waals surface area contributed by atoms with Gasteiger partial charge in [0.2, 0.25) is 0 Å². The molecule has 4 aromatic rings. The van der Waals surface area contributed by atoms with Crippen molar-refractivity contribution in [2.75, 3.05) is 35.6 Å². The van der Waals surface area contributed by atoms with Crippen molar-refractivity contribution in [3.63, 3.8) is 0 Å². The van der Waals surface area contributed by atoms with Crippen LogP contribution in [0.5, 0.6) is 0 Å². The molecule has 2 aliphatic rings. The summed E-state index contributed by atoms with van der Waals surface area (Å²) >= 11 is 0. The van der Waals surface area contributed by atoms with Crippen LogP contribution < -0.4 is 16.0 Å². The summed E-state index contributed by atoms with van der Waals surface area (Å²) in [7, 11) is 0. The molecule has 1 unspecified atom stereocenters. The Labute approximate surface area is 245 Å². The van der Waals surface area contributed by atoms with Gasteiger partial charge in [0, 0.05) is 31.2 Å². The van der Waals surface area contributed by atoms with Crippen LogP contribution in [0.15, 0.2) is 91.1 Å². The number of piperidine rings is 1. The second-order valence-corrected chi connectivity index (χ2v) is 11.2. The third-order valence-electron chi connectivity index (χ3n) is 8.90. The molecule has 1 aromatic heterocycles. The van der Waals surface area contributed by atoms with Crippen LogP contribution in [0.4, 0.5) is 22.0 Å². The van der Waals surface area contributed by atoms with Gasteiger partial charge in [-0.2, -0.15) is 0 Å². The predicted octanol–water partition coefficient (Wildman–Crippen LogP) is 6.57. The van der Waals surface area contributed by atoms with Gasteiger partial charge in [0.15, 0.2) is 0 Å². The second-order valence-electron chi connectivity index (χ2n) is 11.2. The van der Waals surface area contributed by atoms with Gasteiger partial charge in [0.25, 0.3) is 5.91 Å². The Balaban J connectivity index is 1.13. The number of anilines is 3. The van der Waals surface area contributed by atoms with Crippen molar-refractivity contribution in [2.45, 2.75) is 37.6 Å². The quantitative estimate of drug-likeness (QED) is 0.230. The van der Waals surface area contributed by atoms with Crippen LogP contribution in [-0.2, 0) is 5.41 Å². The van der Waals surface area contributed by atoms with Gasteiger partial charge in [0.1, 0.15) is 5.82 Å². The summed E-state index contributed by atoms with van der Waals surface area (Å²) in [5.74, 6) is 0.562. The number of pyridine rings is 1. The molecule has 2 amide bonds. The highest BCUT2D eigenvalue weighted by atomic mass is 16.4. The van der Waals surface area contributed by atoms with Crippen LogP contribution in [0.2, 0.25) is 0 Å². The molecular weight excluding hydrogens is 526 g/mol. The smallest absolute Gasteiger partial charge is 0.407 e. The number of fused-ring (bicyclic) bond motifs is 2. The highest BCUT2D eigenvalue weighted by molar-refractivity contribution is 6.06. The Kier molecular flexibility index (Phi) is 7.29. The maximum atomic E-state index is 13.1. The first kappa shape index (κ1) is 27.3. The minimum absolute atomic E-state index is 0.0470. The molecule has 0 bridgehead atoms. The fourth-order valence-corrected chi connectivity index (χ4v) is 6.64. The first-order chi connectivity index (χ1) is 20.4. The molecule has 1 aliphatic carbocycles. The molecule has 0 radical (unpaired) electrons. The number of hydrogen-bond donors (Lipinski definition) is 3. The molecule has 6 rings (SSSR count). The van der Waals surface area contributed by atoms with Crippen molar-refractivity contribution in [1.29, 1.82) is 0 Å². The lowest BCUT2D eigenvalue weighted by Crippen LogP contribution is -2.43. The van der Waals surface area contributed by atoms with Gasteiger partial charge in [-0.25, -0.2) is 9.78 Å². The summed E-state index contributed by atoms with van der Waals surface area (Å²) in [5.41, 5.74) is 12.1. The number of benzene rings is 3. The minimum Gasteiger partial charge on any atom is -0.465 e. The molecule has 1 aliphatic heterocycles. The molecule has 4 N–H and O–H groups in total. The van der Waals surface area contributed by atoms with E-state index >= 15 is 0 Å². The molecule has 8 heteroatoms. The number of nitrogens with one attached hydrogen (secondary N) is 1. The van der Waals surface area contributed by atoms with Crippen LogP contribution in [0.25, 0.3) is 11.1 Å². The number of nitrogen functional groups attached to an aromatic ring is 1. The number of amides is 2. The van der Waals surface area contributed by atoms with Crippen molar-refractivity contribution in [2.24, 2.45) is 0 Å². The second kappa shape index (κ2) is 11.2. The van der Waals surface area contributed by atoms with E-state index in [-0.39, 0.29) is 17.4 Å². The van der Waals surface area contributed by atoms with Crippen LogP contribution in [0.1, 0.15) is 53.7 Å². The third kappa shape index (κ3) is 5.04. The van der Waals surface area contributed by atoms with Gasteiger partial charge in [-0.05, 0) is 72.7 Å². The van der Waals surface area contributed by atoms with Crippen LogP contribution >= 0.6 is 0 Å². The SMILES string of the molecule is CCN(C(=O)O)C1CC2(CCN(c3ccc(C(=O)Nc4cc(-c5ccccc5)ccc4N)cn3)CC2)c2ccccc21. The Bertz CT molecular complexity index is 1600. The summed E-state index contributed by atoms with van der Waals surface area (Å²) in [6.07, 6.45) is 3.38. The van der Waals surface area contributed by atoms with Gasteiger partial charge < -0.3 is 26.0 Å². The molecule has 1 fully saturated rings. The van der Waals surface area contributed by atoms with Crippen LogP contribution in [-0.4, -0.2) is 46.6 Å². The molecular formula is C34H35N5O3. The molecule has 0 saturated carbocycles. The first-order valence-corrected chi connectivity index (χ1v) is 14.4. The molecule has 1 saturated heterocycles. The van der Waals surface area contributed by atoms with Crippen LogP contribution in [0, 0.1) is 0 Å². The number of carbonyl (C=O) groups excluding carboxylic acids is 1. The average Bonchev–Trinajstić information content (AvgIpc) is 3.32. The summed E-state index contributed by atoms with van der Waals surface area (Å²) in [4.78, 5) is 33.5. The summed E-state index contributed by atoms with van der Waals surface area (Å²) in [6, 6.07) is 27.5. The van der Waals surface area contributed by atoms with Gasteiger partial charge in [-0.1, -0.05) is 60.7 Å². The number of hydrogen-bond acceptors (Lipinski definition) is 5. The number of nitrogens with zero attached hydrogens (tertiary/aromatic N) is 3. The highest BCUT2D eigenvalue weighted by Crippen LogP contribution is 2.52. The molecule has 1 spiro atoms. The van der Waals surface area contributed by atoms with E-state index in [2.05, 4.69) is 33.4 Å². The fourth-order valence-electron chi connectivity index (χ4n) is 6.64. The topological polar surface area (TPSA) is 112 Å². The van der Waals surface area contributed by atoms with Gasteiger partial charge >= 0.3 is 6.09 Å². The lowest BCUT2D eigenvalue weighted by molar-refractivity contribution is 0.102. The lowest BCUT2D eigenvalue weighted by Gasteiger charge is -2.41. The van der Waals surface area contributed by atoms with E-state index in [1.54, 1.807) is 23.2 Å². The zero-order valence-corrected chi connectivity index (χ0v) is 23.7. The molecule has 8 nitrogen and oxygen atoms in total. The molecule has 2 heterocycles. The molecule has 42 heavy (non-hydrogen) atoms. The Morgan fingerprint density at radius 2 is 1.74 bits per heavy atom. The van der Waals surface area contributed by atoms with Crippen molar-refractivity contribution in [3.8, 4) is 11.1 Å². The normalized spacial score (nSPS) is 17.1. The van der Waals surface area contributed by atoms with E-state index < -0.39 is 6.09 Å². The monoisotopic (exact) mass is 561 g/mol. The zero-order chi connectivity index (χ0) is 29.3. The van der Waals surface area contributed by atoms with E-state index in [1.807, 2.05) is 61.5 Å². The molecule has 3 aromatic carbocycles. The predicted molar refractivity (Wildman–Crippen MR) is 166 cm³/mol. The lowest BCUT2D eigenvalue weighted by atomic mass is 9.73. The standard InChI is InChI=1S/C34H35N5O3/c1-2-39(33(41)42)30-21-34(27-11-7-6-10-26(27)30)16-18-38(19-17-34)31-15-13-25(22-36-31)32(40)37-29-20-24(12-14-28(29)35)23-8-4-3-5-9-23/h3-15,20,22,30H,2,16-19,21,35H2,1H3,(H,37,40)(H,41,42). The third-order valence-corrected chi connectivity index (χ3v) is 8.90.